The Morgan fingerprint density at radius 1 is 1.16 bits per heavy atom. The number of carbonyl (C=O) groups is 3. The molecule has 38 heavy (non-hydrogen) atoms. The van der Waals surface area contributed by atoms with Crippen molar-refractivity contribution in [1.29, 1.82) is 0 Å². The van der Waals surface area contributed by atoms with Gasteiger partial charge in [0, 0.05) is 37.0 Å². The van der Waals surface area contributed by atoms with Gasteiger partial charge in [0.15, 0.2) is 11.5 Å². The standard InChI is InChI=1S/C25H21ClFN7O4/c1-13-20-18(32(2)30-13)10-11-33(22(20)23(35)28-15-8-6-14(7-9-15)25(37)38)24(36)17-12-34(31-29-17)19-5-3-4-16(26)21(19)27/h3-9,12,22H,10-11H2,1-2H3,(H,28,35)(H,37,38). The minimum absolute atomic E-state index is 0.0205. The lowest BCUT2D eigenvalue weighted by Gasteiger charge is -2.34. The van der Waals surface area contributed by atoms with E-state index in [4.69, 9.17) is 16.7 Å². The average molecular weight is 538 g/mol. The Kier molecular flexibility index (Phi) is 6.41. The molecule has 1 aliphatic heterocycles. The monoisotopic (exact) mass is 537 g/mol. The normalized spacial score (nSPS) is 14.7. The molecule has 2 aromatic heterocycles. The highest BCUT2D eigenvalue weighted by Crippen LogP contribution is 2.34. The van der Waals surface area contributed by atoms with Gasteiger partial charge in [-0.05, 0) is 43.3 Å². The number of benzene rings is 2. The van der Waals surface area contributed by atoms with E-state index >= 15 is 0 Å². The summed E-state index contributed by atoms with van der Waals surface area (Å²) in [4.78, 5) is 39.8. The van der Waals surface area contributed by atoms with Crippen LogP contribution in [0.1, 0.15) is 43.8 Å². The molecule has 4 aromatic rings. The predicted molar refractivity (Wildman–Crippen MR) is 134 cm³/mol. The smallest absolute Gasteiger partial charge is 0.335 e. The fourth-order valence-corrected chi connectivity index (χ4v) is 4.75. The molecule has 3 heterocycles. The van der Waals surface area contributed by atoms with Gasteiger partial charge < -0.3 is 15.3 Å². The Hall–Kier alpha value is -4.58. The Balaban J connectivity index is 1.48. The number of carbonyl (C=O) groups excluding carboxylic acids is 2. The van der Waals surface area contributed by atoms with Crippen molar-refractivity contribution < 1.29 is 23.9 Å². The zero-order valence-corrected chi connectivity index (χ0v) is 21.0. The number of nitrogens with zero attached hydrogens (tertiary/aromatic N) is 6. The van der Waals surface area contributed by atoms with E-state index in [1.807, 2.05) is 0 Å². The molecule has 11 nitrogen and oxygen atoms in total. The van der Waals surface area contributed by atoms with Gasteiger partial charge in [-0.3, -0.25) is 14.3 Å². The highest BCUT2D eigenvalue weighted by Gasteiger charge is 2.40. The number of hydrogen-bond acceptors (Lipinski definition) is 6. The molecule has 1 unspecified atom stereocenters. The zero-order valence-electron chi connectivity index (χ0n) is 20.2. The van der Waals surface area contributed by atoms with Crippen LogP contribution in [-0.4, -0.2) is 59.1 Å². The predicted octanol–water partition coefficient (Wildman–Crippen LogP) is 3.18. The molecule has 0 bridgehead atoms. The summed E-state index contributed by atoms with van der Waals surface area (Å²) in [5, 5.41) is 24.1. The lowest BCUT2D eigenvalue weighted by Crippen LogP contribution is -2.45. The molecule has 5 rings (SSSR count). The van der Waals surface area contributed by atoms with E-state index in [-0.39, 0.29) is 28.5 Å². The van der Waals surface area contributed by atoms with Crippen LogP contribution in [0.4, 0.5) is 10.1 Å². The summed E-state index contributed by atoms with van der Waals surface area (Å²) in [6.07, 6.45) is 1.73. The molecule has 1 aliphatic rings. The number of fused-ring (bicyclic) bond motifs is 1. The van der Waals surface area contributed by atoms with Gasteiger partial charge in [0.25, 0.3) is 11.8 Å². The molecule has 0 aliphatic carbocycles. The van der Waals surface area contributed by atoms with Crippen molar-refractivity contribution in [2.45, 2.75) is 19.4 Å². The maximum Gasteiger partial charge on any atom is 0.335 e. The zero-order chi connectivity index (χ0) is 27.1. The molecule has 0 spiro atoms. The van der Waals surface area contributed by atoms with Crippen molar-refractivity contribution in [2.75, 3.05) is 11.9 Å². The number of aryl methyl sites for hydroxylation is 2. The van der Waals surface area contributed by atoms with Crippen molar-refractivity contribution in [3.8, 4) is 5.69 Å². The largest absolute Gasteiger partial charge is 0.478 e. The molecule has 0 fully saturated rings. The maximum atomic E-state index is 14.5. The highest BCUT2D eigenvalue weighted by molar-refractivity contribution is 6.30. The van der Waals surface area contributed by atoms with Crippen LogP contribution in [0.2, 0.25) is 5.02 Å². The van der Waals surface area contributed by atoms with Crippen molar-refractivity contribution in [3.05, 3.63) is 87.7 Å². The number of aromatic carboxylic acids is 1. The lowest BCUT2D eigenvalue weighted by molar-refractivity contribution is -0.121. The summed E-state index contributed by atoms with van der Waals surface area (Å²) in [5.74, 6) is -2.88. The number of halogens is 2. The third kappa shape index (κ3) is 4.39. The SMILES string of the molecule is Cc1nn(C)c2c1C(C(=O)Nc1ccc(C(=O)O)cc1)N(C(=O)c1cn(-c3cccc(Cl)c3F)nn1)CC2. The molecular weight excluding hydrogens is 517 g/mol. The first-order valence-electron chi connectivity index (χ1n) is 11.5. The van der Waals surface area contributed by atoms with Crippen LogP contribution in [0.15, 0.2) is 48.7 Å². The van der Waals surface area contributed by atoms with E-state index in [2.05, 4.69) is 20.7 Å². The summed E-state index contributed by atoms with van der Waals surface area (Å²) >= 11 is 5.87. The Morgan fingerprint density at radius 3 is 2.61 bits per heavy atom. The number of hydrogen-bond donors (Lipinski definition) is 2. The first kappa shape index (κ1) is 25.1. The van der Waals surface area contributed by atoms with Crippen LogP contribution in [-0.2, 0) is 18.3 Å². The van der Waals surface area contributed by atoms with Crippen molar-refractivity contribution in [1.82, 2.24) is 29.7 Å². The summed E-state index contributed by atoms with van der Waals surface area (Å²) in [6, 6.07) is 9.02. The fraction of sp³-hybridized carbons (Fsp3) is 0.200. The molecular formula is C25H21ClFN7O4. The summed E-state index contributed by atoms with van der Waals surface area (Å²) in [5.41, 5.74) is 2.37. The van der Waals surface area contributed by atoms with Gasteiger partial charge in [-0.25, -0.2) is 13.9 Å². The minimum atomic E-state index is -1.09. The number of anilines is 1. The number of aromatic nitrogens is 5. The van der Waals surface area contributed by atoms with Crippen LogP contribution in [0.3, 0.4) is 0 Å². The van der Waals surface area contributed by atoms with Gasteiger partial charge >= 0.3 is 5.97 Å². The molecule has 2 N–H and O–H groups in total. The molecule has 0 saturated carbocycles. The van der Waals surface area contributed by atoms with Crippen molar-refractivity contribution in [2.24, 2.45) is 7.05 Å². The fourth-order valence-electron chi connectivity index (χ4n) is 4.58. The number of amides is 2. The summed E-state index contributed by atoms with van der Waals surface area (Å²) < 4.78 is 17.3. The highest BCUT2D eigenvalue weighted by atomic mass is 35.5. The van der Waals surface area contributed by atoms with E-state index in [1.54, 1.807) is 24.7 Å². The third-order valence-electron chi connectivity index (χ3n) is 6.37. The van der Waals surface area contributed by atoms with Crippen LogP contribution in [0.25, 0.3) is 5.69 Å². The number of rotatable bonds is 5. The topological polar surface area (TPSA) is 135 Å². The van der Waals surface area contributed by atoms with Crippen molar-refractivity contribution in [3.63, 3.8) is 0 Å². The number of carboxylic acid groups (broad SMARTS) is 1. The Morgan fingerprint density at radius 2 is 1.89 bits per heavy atom. The van der Waals surface area contributed by atoms with Crippen LogP contribution >= 0.6 is 11.6 Å². The van der Waals surface area contributed by atoms with E-state index in [1.165, 1.54) is 47.5 Å². The molecule has 194 valence electrons. The molecule has 2 aromatic carbocycles. The number of nitrogens with one attached hydrogen (secondary N) is 1. The second kappa shape index (κ2) is 9.71. The first-order valence-corrected chi connectivity index (χ1v) is 11.9. The summed E-state index contributed by atoms with van der Waals surface area (Å²) in [7, 11) is 1.77. The Bertz CT molecular complexity index is 1580. The molecule has 13 heteroatoms. The summed E-state index contributed by atoms with van der Waals surface area (Å²) in [6.45, 7) is 1.95. The second-order valence-corrected chi connectivity index (χ2v) is 9.12. The van der Waals surface area contributed by atoms with Gasteiger partial charge in [-0.2, -0.15) is 5.10 Å². The molecule has 2 amide bonds. The first-order chi connectivity index (χ1) is 18.2. The third-order valence-corrected chi connectivity index (χ3v) is 6.66. The second-order valence-electron chi connectivity index (χ2n) is 8.71. The quantitative estimate of drug-likeness (QED) is 0.399. The molecule has 1 atom stereocenters. The lowest BCUT2D eigenvalue weighted by atomic mass is 9.95. The number of carboxylic acids is 1. The van der Waals surface area contributed by atoms with Gasteiger partial charge in [0.05, 0.1) is 22.5 Å². The van der Waals surface area contributed by atoms with Gasteiger partial charge in [-0.15, -0.1) is 5.10 Å². The van der Waals surface area contributed by atoms with Crippen LogP contribution in [0.5, 0.6) is 0 Å². The van der Waals surface area contributed by atoms with Crippen LogP contribution < -0.4 is 5.32 Å². The molecule has 0 saturated heterocycles. The van der Waals surface area contributed by atoms with E-state index < -0.39 is 29.6 Å². The van der Waals surface area contributed by atoms with Crippen molar-refractivity contribution >= 4 is 35.1 Å². The minimum Gasteiger partial charge on any atom is -0.478 e. The van der Waals surface area contributed by atoms with Gasteiger partial charge in [-0.1, -0.05) is 22.9 Å². The van der Waals surface area contributed by atoms with Crippen LogP contribution in [0, 0.1) is 12.7 Å². The maximum absolute atomic E-state index is 14.5. The average Bonchev–Trinajstić information content (AvgIpc) is 3.49. The van der Waals surface area contributed by atoms with E-state index in [0.29, 0.717) is 23.4 Å². The van der Waals surface area contributed by atoms with Gasteiger partial charge in [0.1, 0.15) is 11.7 Å². The molecule has 0 radical (unpaired) electrons. The Labute approximate surface area is 220 Å². The van der Waals surface area contributed by atoms with E-state index in [0.717, 1.165) is 10.4 Å². The van der Waals surface area contributed by atoms with E-state index in [9.17, 15) is 18.8 Å². The van der Waals surface area contributed by atoms with Gasteiger partial charge in [0.2, 0.25) is 0 Å².